The first kappa shape index (κ1) is 10.9. The van der Waals surface area contributed by atoms with Crippen LogP contribution in [0.4, 0.5) is 0 Å². The molecular weight excluding hydrogens is 144 g/mol. The highest BCUT2D eigenvalue weighted by Crippen LogP contribution is 2.07. The SMILES string of the molecule is CC(C)C(C)OC(CO)CO. The molecule has 0 aliphatic heterocycles. The van der Waals surface area contributed by atoms with Crippen LogP contribution in [0.3, 0.4) is 0 Å². The van der Waals surface area contributed by atoms with Gasteiger partial charge in [-0.25, -0.2) is 0 Å². The van der Waals surface area contributed by atoms with Crippen molar-refractivity contribution in [1.82, 2.24) is 0 Å². The van der Waals surface area contributed by atoms with Crippen LogP contribution >= 0.6 is 0 Å². The second-order valence-corrected chi connectivity index (χ2v) is 3.07. The Morgan fingerprint density at radius 2 is 1.55 bits per heavy atom. The van der Waals surface area contributed by atoms with Crippen molar-refractivity contribution < 1.29 is 14.9 Å². The van der Waals surface area contributed by atoms with Crippen LogP contribution in [0.2, 0.25) is 0 Å². The van der Waals surface area contributed by atoms with Crippen LogP contribution in [0.1, 0.15) is 20.8 Å². The molecule has 0 saturated carbocycles. The average Bonchev–Trinajstić information content (AvgIpc) is 1.99. The maximum absolute atomic E-state index is 8.67. The summed E-state index contributed by atoms with van der Waals surface area (Å²) in [7, 11) is 0. The van der Waals surface area contributed by atoms with Crippen molar-refractivity contribution in [1.29, 1.82) is 0 Å². The van der Waals surface area contributed by atoms with E-state index < -0.39 is 6.10 Å². The van der Waals surface area contributed by atoms with Crippen molar-refractivity contribution in [3.8, 4) is 0 Å². The Balaban J connectivity index is 3.62. The Labute approximate surface area is 68.0 Å². The van der Waals surface area contributed by atoms with E-state index in [-0.39, 0.29) is 19.3 Å². The Kier molecular flexibility index (Phi) is 5.46. The topological polar surface area (TPSA) is 49.7 Å². The molecule has 0 heterocycles. The molecule has 0 rings (SSSR count). The van der Waals surface area contributed by atoms with Crippen molar-refractivity contribution in [2.24, 2.45) is 5.92 Å². The number of ether oxygens (including phenoxy) is 1. The molecule has 0 aliphatic carbocycles. The van der Waals surface area contributed by atoms with Gasteiger partial charge in [0.25, 0.3) is 0 Å². The van der Waals surface area contributed by atoms with E-state index in [1.165, 1.54) is 0 Å². The smallest absolute Gasteiger partial charge is 0.104 e. The fraction of sp³-hybridized carbons (Fsp3) is 1.00. The summed E-state index contributed by atoms with van der Waals surface area (Å²) in [5.41, 5.74) is 0. The minimum Gasteiger partial charge on any atom is -0.394 e. The second-order valence-electron chi connectivity index (χ2n) is 3.07. The molecule has 0 saturated heterocycles. The molecule has 2 N–H and O–H groups in total. The van der Waals surface area contributed by atoms with E-state index >= 15 is 0 Å². The minimum absolute atomic E-state index is 0.0827. The minimum atomic E-state index is -0.424. The van der Waals surface area contributed by atoms with Gasteiger partial charge in [-0.1, -0.05) is 13.8 Å². The first-order valence-corrected chi connectivity index (χ1v) is 3.99. The van der Waals surface area contributed by atoms with Crippen molar-refractivity contribution in [3.05, 3.63) is 0 Å². The molecule has 11 heavy (non-hydrogen) atoms. The lowest BCUT2D eigenvalue weighted by Gasteiger charge is -2.21. The van der Waals surface area contributed by atoms with E-state index in [1.807, 2.05) is 20.8 Å². The number of aliphatic hydroxyl groups is 2. The normalized spacial score (nSPS) is 14.5. The third kappa shape index (κ3) is 4.35. The molecule has 1 unspecified atom stereocenters. The van der Waals surface area contributed by atoms with Gasteiger partial charge in [-0.3, -0.25) is 0 Å². The predicted octanol–water partition coefficient (Wildman–Crippen LogP) is 0.401. The summed E-state index contributed by atoms with van der Waals surface area (Å²) in [6.45, 7) is 5.77. The van der Waals surface area contributed by atoms with Crippen LogP contribution < -0.4 is 0 Å². The lowest BCUT2D eigenvalue weighted by atomic mass is 10.1. The standard InChI is InChI=1S/C8H18O3/c1-6(2)7(3)11-8(4-9)5-10/h6-10H,4-5H2,1-3H3. The molecule has 0 fully saturated rings. The lowest BCUT2D eigenvalue weighted by molar-refractivity contribution is -0.0712. The highest BCUT2D eigenvalue weighted by Gasteiger charge is 2.13. The number of aliphatic hydroxyl groups excluding tert-OH is 2. The van der Waals surface area contributed by atoms with Gasteiger partial charge in [0.1, 0.15) is 6.10 Å². The van der Waals surface area contributed by atoms with Gasteiger partial charge in [0.15, 0.2) is 0 Å². The van der Waals surface area contributed by atoms with Gasteiger partial charge >= 0.3 is 0 Å². The van der Waals surface area contributed by atoms with Crippen molar-refractivity contribution >= 4 is 0 Å². The fourth-order valence-electron chi connectivity index (χ4n) is 0.604. The summed E-state index contributed by atoms with van der Waals surface area (Å²) in [6, 6.07) is 0. The molecule has 0 bridgehead atoms. The summed E-state index contributed by atoms with van der Waals surface area (Å²) < 4.78 is 5.31. The monoisotopic (exact) mass is 162 g/mol. The van der Waals surface area contributed by atoms with Gasteiger partial charge in [0.05, 0.1) is 19.3 Å². The molecule has 3 heteroatoms. The second kappa shape index (κ2) is 5.52. The first-order valence-electron chi connectivity index (χ1n) is 3.99. The highest BCUT2D eigenvalue weighted by atomic mass is 16.5. The van der Waals surface area contributed by atoms with E-state index in [0.717, 1.165) is 0 Å². The molecule has 0 spiro atoms. The zero-order chi connectivity index (χ0) is 8.85. The van der Waals surface area contributed by atoms with Crippen LogP contribution in [-0.4, -0.2) is 35.6 Å². The lowest BCUT2D eigenvalue weighted by Crippen LogP contribution is -2.29. The predicted molar refractivity (Wildman–Crippen MR) is 43.3 cm³/mol. The Hall–Kier alpha value is -0.120. The molecule has 0 radical (unpaired) electrons. The molecule has 0 aromatic carbocycles. The quantitative estimate of drug-likeness (QED) is 0.615. The van der Waals surface area contributed by atoms with Crippen LogP contribution in [0.25, 0.3) is 0 Å². The molecule has 3 nitrogen and oxygen atoms in total. The summed E-state index contributed by atoms with van der Waals surface area (Å²) in [6.07, 6.45) is -0.341. The number of rotatable bonds is 5. The molecule has 0 amide bonds. The number of hydrogen-bond donors (Lipinski definition) is 2. The average molecular weight is 162 g/mol. The van der Waals surface area contributed by atoms with Gasteiger partial charge in [0.2, 0.25) is 0 Å². The Bertz CT molecular complexity index is 89.3. The van der Waals surface area contributed by atoms with E-state index in [0.29, 0.717) is 5.92 Å². The van der Waals surface area contributed by atoms with E-state index in [9.17, 15) is 0 Å². The van der Waals surface area contributed by atoms with Gasteiger partial charge < -0.3 is 14.9 Å². The number of hydrogen-bond acceptors (Lipinski definition) is 3. The van der Waals surface area contributed by atoms with E-state index in [1.54, 1.807) is 0 Å². The molecule has 0 aromatic rings. The highest BCUT2D eigenvalue weighted by molar-refractivity contribution is 4.60. The summed E-state index contributed by atoms with van der Waals surface area (Å²) in [5, 5.41) is 17.3. The third-order valence-corrected chi connectivity index (χ3v) is 1.75. The van der Waals surface area contributed by atoms with Gasteiger partial charge in [-0.15, -0.1) is 0 Å². The Morgan fingerprint density at radius 1 is 1.09 bits per heavy atom. The van der Waals surface area contributed by atoms with E-state index in [4.69, 9.17) is 14.9 Å². The van der Waals surface area contributed by atoms with Crippen molar-refractivity contribution in [3.63, 3.8) is 0 Å². The third-order valence-electron chi connectivity index (χ3n) is 1.75. The zero-order valence-electron chi connectivity index (χ0n) is 7.45. The summed E-state index contributed by atoms with van der Waals surface area (Å²) >= 11 is 0. The fourth-order valence-corrected chi connectivity index (χ4v) is 0.604. The van der Waals surface area contributed by atoms with Gasteiger partial charge in [-0.05, 0) is 12.8 Å². The molecular formula is C8H18O3. The maximum atomic E-state index is 8.67. The largest absolute Gasteiger partial charge is 0.394 e. The zero-order valence-corrected chi connectivity index (χ0v) is 7.45. The van der Waals surface area contributed by atoms with Crippen LogP contribution in [0, 0.1) is 5.92 Å². The van der Waals surface area contributed by atoms with Gasteiger partial charge in [0, 0.05) is 0 Å². The maximum Gasteiger partial charge on any atom is 0.104 e. The van der Waals surface area contributed by atoms with Crippen LogP contribution in [0.15, 0.2) is 0 Å². The summed E-state index contributed by atoms with van der Waals surface area (Å²) in [5.74, 6) is 0.413. The Morgan fingerprint density at radius 3 is 1.82 bits per heavy atom. The molecule has 0 aliphatic rings. The molecule has 68 valence electrons. The van der Waals surface area contributed by atoms with Crippen LogP contribution in [0.5, 0.6) is 0 Å². The summed E-state index contributed by atoms with van der Waals surface area (Å²) in [4.78, 5) is 0. The van der Waals surface area contributed by atoms with Gasteiger partial charge in [-0.2, -0.15) is 0 Å². The van der Waals surface area contributed by atoms with Crippen molar-refractivity contribution in [2.75, 3.05) is 13.2 Å². The van der Waals surface area contributed by atoms with Crippen molar-refractivity contribution in [2.45, 2.75) is 33.0 Å². The van der Waals surface area contributed by atoms with Crippen LogP contribution in [-0.2, 0) is 4.74 Å². The first-order chi connectivity index (χ1) is 5.11. The molecule has 0 aromatic heterocycles. The molecule has 1 atom stereocenters. The van der Waals surface area contributed by atoms with E-state index in [2.05, 4.69) is 0 Å².